The normalized spacial score (nSPS) is 11.2. The highest BCUT2D eigenvalue weighted by Gasteiger charge is 2.18. The van der Waals surface area contributed by atoms with Gasteiger partial charge < -0.3 is 4.74 Å². The van der Waals surface area contributed by atoms with E-state index in [0.717, 1.165) is 9.17 Å². The molecule has 104 valence electrons. The number of benzene rings is 1. The maximum atomic E-state index is 11.7. The molecule has 2 aromatic rings. The maximum absolute atomic E-state index is 11.7. The zero-order chi connectivity index (χ0) is 14.9. The summed E-state index contributed by atoms with van der Waals surface area (Å²) in [5.41, 5.74) is 0.687. The summed E-state index contributed by atoms with van der Waals surface area (Å²) in [6.07, 6.45) is -0.548. The van der Waals surface area contributed by atoms with Crippen LogP contribution in [0.3, 0.4) is 0 Å². The number of hydrogen-bond donors (Lipinski definition) is 1. The molecule has 0 unspecified atom stereocenters. The number of nitrogens with one attached hydrogen (secondary N) is 1. The second-order valence-corrected chi connectivity index (χ2v) is 6.95. The minimum absolute atomic E-state index is 0.435. The molecule has 7 heteroatoms. The predicted molar refractivity (Wildman–Crippen MR) is 81.9 cm³/mol. The number of carbonyl (C=O) groups excluding carboxylic acids is 1. The number of rotatable bonds is 1. The van der Waals surface area contributed by atoms with E-state index in [-0.39, 0.29) is 0 Å². The first kappa shape index (κ1) is 14.8. The van der Waals surface area contributed by atoms with Crippen LogP contribution in [0.15, 0.2) is 16.6 Å². The molecular formula is C13H12BrN3O2S. The average Bonchev–Trinajstić information content (AvgIpc) is 2.69. The fraction of sp³-hybridized carbons (Fsp3) is 0.308. The zero-order valence-electron chi connectivity index (χ0n) is 11.2. The Morgan fingerprint density at radius 1 is 1.50 bits per heavy atom. The monoisotopic (exact) mass is 353 g/mol. The summed E-state index contributed by atoms with van der Waals surface area (Å²) in [5, 5.41) is 12.0. The van der Waals surface area contributed by atoms with Crippen molar-refractivity contribution in [3.63, 3.8) is 0 Å². The van der Waals surface area contributed by atoms with Crippen molar-refractivity contribution in [1.29, 1.82) is 5.26 Å². The molecule has 0 aliphatic carbocycles. The summed E-state index contributed by atoms with van der Waals surface area (Å²) in [4.78, 5) is 16.0. The number of aromatic nitrogens is 1. The summed E-state index contributed by atoms with van der Waals surface area (Å²) in [7, 11) is 0. The number of halogens is 1. The first-order chi connectivity index (χ1) is 9.28. The van der Waals surface area contributed by atoms with Crippen LogP contribution >= 0.6 is 27.3 Å². The number of fused-ring (bicyclic) bond motifs is 1. The van der Waals surface area contributed by atoms with Crippen LogP contribution in [0.4, 0.5) is 9.93 Å². The van der Waals surface area contributed by atoms with Crippen molar-refractivity contribution in [3.8, 4) is 6.07 Å². The first-order valence-corrected chi connectivity index (χ1v) is 7.39. The summed E-state index contributed by atoms with van der Waals surface area (Å²) in [6, 6.07) is 5.51. The van der Waals surface area contributed by atoms with Gasteiger partial charge in [0, 0.05) is 4.47 Å². The second kappa shape index (κ2) is 5.38. The number of nitrogens with zero attached hydrogens (tertiary/aromatic N) is 2. The molecule has 2 rings (SSSR count). The summed E-state index contributed by atoms with van der Waals surface area (Å²) < 4.78 is 6.71. The summed E-state index contributed by atoms with van der Waals surface area (Å²) in [5.74, 6) is 0. The summed E-state index contributed by atoms with van der Waals surface area (Å²) in [6.45, 7) is 5.38. The molecule has 0 fully saturated rings. The van der Waals surface area contributed by atoms with E-state index in [9.17, 15) is 4.79 Å². The lowest BCUT2D eigenvalue weighted by molar-refractivity contribution is 0.0636. The lowest BCUT2D eigenvalue weighted by atomic mass is 10.2. The number of ether oxygens (including phenoxy) is 1. The Morgan fingerprint density at radius 2 is 2.20 bits per heavy atom. The van der Waals surface area contributed by atoms with Crippen LogP contribution in [-0.2, 0) is 4.74 Å². The van der Waals surface area contributed by atoms with Gasteiger partial charge in [0.1, 0.15) is 5.60 Å². The molecular weight excluding hydrogens is 342 g/mol. The van der Waals surface area contributed by atoms with E-state index in [2.05, 4.69) is 32.3 Å². The predicted octanol–water partition coefficient (Wildman–Crippen LogP) is 4.28. The molecule has 1 heterocycles. The number of carbonyl (C=O) groups is 1. The van der Waals surface area contributed by atoms with Gasteiger partial charge in [-0.2, -0.15) is 5.26 Å². The van der Waals surface area contributed by atoms with Gasteiger partial charge in [0.15, 0.2) is 5.13 Å². The quantitative estimate of drug-likeness (QED) is 0.830. The van der Waals surface area contributed by atoms with Gasteiger partial charge in [-0.1, -0.05) is 11.3 Å². The SMILES string of the molecule is CC(C)(C)OC(=O)Nc1nc2c(Br)cc(C#N)cc2s1. The lowest BCUT2D eigenvalue weighted by Crippen LogP contribution is -2.27. The Bertz CT molecular complexity index is 713. The first-order valence-electron chi connectivity index (χ1n) is 5.79. The van der Waals surface area contributed by atoms with E-state index in [0.29, 0.717) is 16.2 Å². The van der Waals surface area contributed by atoms with Crippen molar-refractivity contribution < 1.29 is 9.53 Å². The van der Waals surface area contributed by atoms with Crippen molar-refractivity contribution in [3.05, 3.63) is 22.2 Å². The number of nitriles is 1. The molecule has 0 saturated heterocycles. The van der Waals surface area contributed by atoms with Crippen molar-refractivity contribution in [2.24, 2.45) is 0 Å². The van der Waals surface area contributed by atoms with E-state index < -0.39 is 11.7 Å². The van der Waals surface area contributed by atoms with Gasteiger partial charge in [0.2, 0.25) is 0 Å². The van der Waals surface area contributed by atoms with Crippen LogP contribution in [0.2, 0.25) is 0 Å². The van der Waals surface area contributed by atoms with Crippen LogP contribution in [0, 0.1) is 11.3 Å². The van der Waals surface area contributed by atoms with E-state index in [1.807, 2.05) is 0 Å². The smallest absolute Gasteiger partial charge is 0.413 e. The average molecular weight is 354 g/mol. The molecule has 5 nitrogen and oxygen atoms in total. The summed E-state index contributed by atoms with van der Waals surface area (Å²) >= 11 is 4.66. The fourth-order valence-corrected chi connectivity index (χ4v) is 3.10. The Morgan fingerprint density at radius 3 is 2.80 bits per heavy atom. The highest BCUT2D eigenvalue weighted by Crippen LogP contribution is 2.32. The van der Waals surface area contributed by atoms with Crippen molar-refractivity contribution >= 4 is 48.7 Å². The molecule has 0 radical (unpaired) electrons. The Balaban J connectivity index is 2.27. The van der Waals surface area contributed by atoms with Gasteiger partial charge in [0.25, 0.3) is 0 Å². The van der Waals surface area contributed by atoms with Crippen LogP contribution in [0.5, 0.6) is 0 Å². The standard InChI is InChI=1S/C13H12BrN3O2S/c1-13(2,3)19-12(18)17-11-16-10-8(14)4-7(6-15)5-9(10)20-11/h4-5H,1-3H3,(H,16,17,18). The van der Waals surface area contributed by atoms with E-state index in [1.165, 1.54) is 11.3 Å². The number of hydrogen-bond acceptors (Lipinski definition) is 5. The largest absolute Gasteiger partial charge is 0.444 e. The minimum atomic E-state index is -0.560. The zero-order valence-corrected chi connectivity index (χ0v) is 13.6. The van der Waals surface area contributed by atoms with Gasteiger partial charge in [-0.25, -0.2) is 9.78 Å². The highest BCUT2D eigenvalue weighted by molar-refractivity contribution is 9.10. The third kappa shape index (κ3) is 3.46. The van der Waals surface area contributed by atoms with Crippen molar-refractivity contribution in [2.45, 2.75) is 26.4 Å². The Kier molecular flexibility index (Phi) is 3.97. The molecule has 1 N–H and O–H groups in total. The van der Waals surface area contributed by atoms with Gasteiger partial charge in [0.05, 0.1) is 21.8 Å². The molecule has 20 heavy (non-hydrogen) atoms. The van der Waals surface area contributed by atoms with E-state index in [4.69, 9.17) is 10.00 Å². The molecule has 0 bridgehead atoms. The number of amides is 1. The van der Waals surface area contributed by atoms with Gasteiger partial charge >= 0.3 is 6.09 Å². The van der Waals surface area contributed by atoms with Crippen LogP contribution in [0.25, 0.3) is 10.2 Å². The third-order valence-electron chi connectivity index (χ3n) is 2.19. The molecule has 1 amide bonds. The van der Waals surface area contributed by atoms with Gasteiger partial charge in [-0.05, 0) is 48.8 Å². The van der Waals surface area contributed by atoms with Crippen LogP contribution in [0.1, 0.15) is 26.3 Å². The molecule has 0 saturated carbocycles. The second-order valence-electron chi connectivity index (χ2n) is 5.06. The molecule has 1 aromatic heterocycles. The molecule has 0 aliphatic heterocycles. The van der Waals surface area contributed by atoms with Crippen molar-refractivity contribution in [2.75, 3.05) is 5.32 Å². The molecule has 0 atom stereocenters. The molecule has 0 aliphatic rings. The third-order valence-corrected chi connectivity index (χ3v) is 3.71. The van der Waals surface area contributed by atoms with Crippen LogP contribution in [-0.4, -0.2) is 16.7 Å². The minimum Gasteiger partial charge on any atom is -0.444 e. The maximum Gasteiger partial charge on any atom is 0.413 e. The van der Waals surface area contributed by atoms with Crippen LogP contribution < -0.4 is 5.32 Å². The Hall–Kier alpha value is -1.65. The topological polar surface area (TPSA) is 75.0 Å². The number of anilines is 1. The van der Waals surface area contributed by atoms with Gasteiger partial charge in [-0.3, -0.25) is 5.32 Å². The van der Waals surface area contributed by atoms with Gasteiger partial charge in [-0.15, -0.1) is 0 Å². The Labute approximate surface area is 128 Å². The lowest BCUT2D eigenvalue weighted by Gasteiger charge is -2.18. The highest BCUT2D eigenvalue weighted by atomic mass is 79.9. The van der Waals surface area contributed by atoms with E-state index >= 15 is 0 Å². The van der Waals surface area contributed by atoms with E-state index in [1.54, 1.807) is 32.9 Å². The fourth-order valence-electron chi connectivity index (χ4n) is 1.50. The molecule has 0 spiro atoms. The number of thiazole rings is 1. The van der Waals surface area contributed by atoms with Crippen molar-refractivity contribution in [1.82, 2.24) is 4.98 Å². The molecule has 1 aromatic carbocycles.